The van der Waals surface area contributed by atoms with E-state index in [-0.39, 0.29) is 5.78 Å². The number of Topliss-reactive ketones (excluding diaryl/α,β-unsaturated/α-hetero) is 1. The number of benzene rings is 1. The van der Waals surface area contributed by atoms with Crippen molar-refractivity contribution < 1.29 is 9.53 Å². The fourth-order valence-electron chi connectivity index (χ4n) is 1.79. The zero-order chi connectivity index (χ0) is 12.8. The molecular formula is C15H16O2S. The van der Waals surface area contributed by atoms with Gasteiger partial charge in [-0.05, 0) is 18.4 Å². The van der Waals surface area contributed by atoms with E-state index in [1.807, 2.05) is 29.6 Å². The molecule has 94 valence electrons. The second-order valence-electron chi connectivity index (χ2n) is 4.11. The monoisotopic (exact) mass is 260 g/mol. The fraction of sp³-hybridized carbons (Fsp3) is 0.267. The first-order chi connectivity index (χ1) is 8.79. The molecule has 2 nitrogen and oxygen atoms in total. The van der Waals surface area contributed by atoms with Crippen molar-refractivity contribution in [3.05, 3.63) is 52.2 Å². The van der Waals surface area contributed by atoms with Crippen LogP contribution in [0.15, 0.2) is 41.8 Å². The van der Waals surface area contributed by atoms with Gasteiger partial charge in [0, 0.05) is 17.9 Å². The molecule has 0 saturated carbocycles. The fourth-order valence-corrected chi connectivity index (χ4v) is 2.62. The lowest BCUT2D eigenvalue weighted by atomic mass is 10.1. The minimum atomic E-state index is 0.208. The highest BCUT2D eigenvalue weighted by atomic mass is 32.1. The molecule has 1 aromatic carbocycles. The minimum Gasteiger partial charge on any atom is -0.496 e. The molecule has 0 saturated heterocycles. The van der Waals surface area contributed by atoms with Gasteiger partial charge in [0.15, 0.2) is 5.78 Å². The second kappa shape index (κ2) is 6.36. The van der Waals surface area contributed by atoms with Gasteiger partial charge < -0.3 is 4.74 Å². The average molecular weight is 260 g/mol. The van der Waals surface area contributed by atoms with Crippen LogP contribution in [-0.4, -0.2) is 12.9 Å². The van der Waals surface area contributed by atoms with Gasteiger partial charge in [0.2, 0.25) is 0 Å². The number of thiophene rings is 1. The molecule has 2 rings (SSSR count). The van der Waals surface area contributed by atoms with Crippen molar-refractivity contribution >= 4 is 17.1 Å². The van der Waals surface area contributed by atoms with Crippen LogP contribution in [0.2, 0.25) is 0 Å². The van der Waals surface area contributed by atoms with E-state index in [0.717, 1.165) is 23.5 Å². The van der Waals surface area contributed by atoms with Gasteiger partial charge in [-0.25, -0.2) is 0 Å². The molecule has 18 heavy (non-hydrogen) atoms. The molecule has 0 unspecified atom stereocenters. The maximum Gasteiger partial charge on any atom is 0.172 e. The van der Waals surface area contributed by atoms with Crippen molar-refractivity contribution in [3.63, 3.8) is 0 Å². The highest BCUT2D eigenvalue weighted by molar-refractivity contribution is 7.12. The molecule has 0 N–H and O–H groups in total. The number of ether oxygens (including phenoxy) is 1. The summed E-state index contributed by atoms with van der Waals surface area (Å²) >= 11 is 1.45. The SMILES string of the molecule is COc1csc(C(=O)CCCc2ccccc2)c1. The van der Waals surface area contributed by atoms with Crippen LogP contribution >= 0.6 is 11.3 Å². The van der Waals surface area contributed by atoms with Gasteiger partial charge in [-0.3, -0.25) is 4.79 Å². The van der Waals surface area contributed by atoms with Crippen molar-refractivity contribution in [2.75, 3.05) is 7.11 Å². The van der Waals surface area contributed by atoms with E-state index in [1.165, 1.54) is 16.9 Å². The van der Waals surface area contributed by atoms with Crippen LogP contribution in [-0.2, 0) is 6.42 Å². The second-order valence-corrected chi connectivity index (χ2v) is 5.02. The summed E-state index contributed by atoms with van der Waals surface area (Å²) in [7, 11) is 1.62. The van der Waals surface area contributed by atoms with E-state index < -0.39 is 0 Å². The first kappa shape index (κ1) is 12.8. The van der Waals surface area contributed by atoms with Crippen LogP contribution < -0.4 is 4.74 Å². The van der Waals surface area contributed by atoms with Gasteiger partial charge in [-0.15, -0.1) is 11.3 Å². The summed E-state index contributed by atoms with van der Waals surface area (Å²) in [6.45, 7) is 0. The van der Waals surface area contributed by atoms with E-state index in [4.69, 9.17) is 4.74 Å². The molecule has 1 heterocycles. The zero-order valence-corrected chi connectivity index (χ0v) is 11.2. The number of hydrogen-bond donors (Lipinski definition) is 0. The molecule has 2 aromatic rings. The molecule has 0 aliphatic carbocycles. The summed E-state index contributed by atoms with van der Waals surface area (Å²) in [5.41, 5.74) is 1.29. The molecule has 0 fully saturated rings. The van der Waals surface area contributed by atoms with E-state index >= 15 is 0 Å². The molecule has 0 aliphatic heterocycles. The molecule has 0 radical (unpaired) electrons. The van der Waals surface area contributed by atoms with Crippen LogP contribution in [0, 0.1) is 0 Å². The molecule has 0 bridgehead atoms. The first-order valence-corrected chi connectivity index (χ1v) is 6.87. The van der Waals surface area contributed by atoms with Crippen molar-refractivity contribution in [2.24, 2.45) is 0 Å². The number of rotatable bonds is 6. The summed E-state index contributed by atoms with van der Waals surface area (Å²) < 4.78 is 5.08. The Bertz CT molecular complexity index is 502. The normalized spacial score (nSPS) is 10.3. The van der Waals surface area contributed by atoms with Crippen LogP contribution in [0.25, 0.3) is 0 Å². The van der Waals surface area contributed by atoms with Gasteiger partial charge in [-0.1, -0.05) is 30.3 Å². The van der Waals surface area contributed by atoms with Gasteiger partial charge in [-0.2, -0.15) is 0 Å². The molecule has 0 atom stereocenters. The zero-order valence-electron chi connectivity index (χ0n) is 10.4. The Morgan fingerprint density at radius 3 is 2.72 bits per heavy atom. The van der Waals surface area contributed by atoms with Crippen molar-refractivity contribution in [2.45, 2.75) is 19.3 Å². The number of aryl methyl sites for hydroxylation is 1. The Balaban J connectivity index is 1.81. The Morgan fingerprint density at radius 1 is 1.28 bits per heavy atom. The smallest absolute Gasteiger partial charge is 0.172 e. The topological polar surface area (TPSA) is 26.3 Å². The Labute approximate surface area is 111 Å². The molecule has 1 aromatic heterocycles. The maximum absolute atomic E-state index is 11.9. The van der Waals surface area contributed by atoms with Gasteiger partial charge >= 0.3 is 0 Å². The lowest BCUT2D eigenvalue weighted by Gasteiger charge is -2.00. The lowest BCUT2D eigenvalue weighted by Crippen LogP contribution is -1.97. The largest absolute Gasteiger partial charge is 0.496 e. The predicted octanol–water partition coefficient (Wildman–Crippen LogP) is 3.96. The Hall–Kier alpha value is -1.61. The molecule has 3 heteroatoms. The van der Waals surface area contributed by atoms with Crippen LogP contribution in [0.5, 0.6) is 5.75 Å². The summed E-state index contributed by atoms with van der Waals surface area (Å²) in [6, 6.07) is 12.1. The number of ketones is 1. The summed E-state index contributed by atoms with van der Waals surface area (Å²) in [5.74, 6) is 0.977. The summed E-state index contributed by atoms with van der Waals surface area (Å²) in [6.07, 6.45) is 2.44. The standard InChI is InChI=1S/C15H16O2S/c1-17-13-10-15(18-11-13)14(16)9-5-8-12-6-3-2-4-7-12/h2-4,6-7,10-11H,5,8-9H2,1H3. The van der Waals surface area contributed by atoms with Crippen molar-refractivity contribution in [1.29, 1.82) is 0 Å². The lowest BCUT2D eigenvalue weighted by molar-refractivity contribution is 0.0984. The third-order valence-corrected chi connectivity index (χ3v) is 3.75. The molecule has 0 spiro atoms. The first-order valence-electron chi connectivity index (χ1n) is 5.99. The molecule has 0 aliphatic rings. The quantitative estimate of drug-likeness (QED) is 0.735. The third kappa shape index (κ3) is 3.44. The number of methoxy groups -OCH3 is 1. The van der Waals surface area contributed by atoms with Crippen LogP contribution in [0.4, 0.5) is 0 Å². The third-order valence-electron chi connectivity index (χ3n) is 2.80. The number of carbonyl (C=O) groups excluding carboxylic acids is 1. The highest BCUT2D eigenvalue weighted by Gasteiger charge is 2.09. The van der Waals surface area contributed by atoms with Gasteiger partial charge in [0.25, 0.3) is 0 Å². The van der Waals surface area contributed by atoms with Crippen LogP contribution in [0.1, 0.15) is 28.1 Å². The van der Waals surface area contributed by atoms with Crippen LogP contribution in [0.3, 0.4) is 0 Å². The average Bonchev–Trinajstić information content (AvgIpc) is 2.89. The number of carbonyl (C=O) groups is 1. The number of hydrogen-bond acceptors (Lipinski definition) is 3. The summed E-state index contributed by atoms with van der Waals surface area (Å²) in [4.78, 5) is 12.7. The van der Waals surface area contributed by atoms with Gasteiger partial charge in [0.1, 0.15) is 5.75 Å². The Morgan fingerprint density at radius 2 is 2.06 bits per heavy atom. The maximum atomic E-state index is 11.9. The van der Waals surface area contributed by atoms with Crippen molar-refractivity contribution in [1.82, 2.24) is 0 Å². The van der Waals surface area contributed by atoms with E-state index in [0.29, 0.717) is 6.42 Å². The van der Waals surface area contributed by atoms with Gasteiger partial charge in [0.05, 0.1) is 12.0 Å². The minimum absolute atomic E-state index is 0.208. The highest BCUT2D eigenvalue weighted by Crippen LogP contribution is 2.23. The molecule has 0 amide bonds. The summed E-state index contributed by atoms with van der Waals surface area (Å²) in [5, 5.41) is 1.87. The van der Waals surface area contributed by atoms with E-state index in [2.05, 4.69) is 12.1 Å². The van der Waals surface area contributed by atoms with E-state index in [9.17, 15) is 4.79 Å². The Kier molecular flexibility index (Phi) is 4.53. The van der Waals surface area contributed by atoms with E-state index in [1.54, 1.807) is 7.11 Å². The van der Waals surface area contributed by atoms with Crippen molar-refractivity contribution in [3.8, 4) is 5.75 Å². The predicted molar refractivity (Wildman–Crippen MR) is 74.6 cm³/mol. The molecular weight excluding hydrogens is 244 g/mol.